The van der Waals surface area contributed by atoms with Gasteiger partial charge in [-0.05, 0) is 38.1 Å². The van der Waals surface area contributed by atoms with E-state index in [0.717, 1.165) is 0 Å². The van der Waals surface area contributed by atoms with Crippen molar-refractivity contribution >= 4 is 17.5 Å². The largest absolute Gasteiger partial charge is 0.467 e. The maximum absolute atomic E-state index is 12.5. The van der Waals surface area contributed by atoms with Gasteiger partial charge in [0.05, 0.1) is 42.8 Å². The van der Waals surface area contributed by atoms with Gasteiger partial charge in [-0.2, -0.15) is 0 Å². The summed E-state index contributed by atoms with van der Waals surface area (Å²) in [5, 5.41) is 5.65. The number of anilines is 1. The molecule has 27 heavy (non-hydrogen) atoms. The summed E-state index contributed by atoms with van der Waals surface area (Å²) in [5.41, 5.74) is 0.912. The lowest BCUT2D eigenvalue weighted by atomic mass is 10.1. The Balaban J connectivity index is 1.59. The number of ether oxygens (including phenoxy) is 1. The number of nitrogens with zero attached hydrogens (tertiary/aromatic N) is 1. The SMILES string of the molecule is C[C@@H]1CN(CC(=O)Nc2ccccc2C(=O)NCc2ccco2)C[C@@H](C)O1. The number of nitrogens with one attached hydrogen (secondary N) is 2. The zero-order valence-corrected chi connectivity index (χ0v) is 15.6. The van der Waals surface area contributed by atoms with Gasteiger partial charge in [0.2, 0.25) is 5.91 Å². The number of hydrogen-bond acceptors (Lipinski definition) is 5. The van der Waals surface area contributed by atoms with Crippen molar-refractivity contribution in [1.82, 2.24) is 10.2 Å². The molecule has 0 saturated carbocycles. The second kappa shape index (κ2) is 8.83. The van der Waals surface area contributed by atoms with Gasteiger partial charge in [0, 0.05) is 13.1 Å². The first kappa shape index (κ1) is 19.1. The molecule has 1 fully saturated rings. The van der Waals surface area contributed by atoms with Gasteiger partial charge >= 0.3 is 0 Å². The molecule has 0 bridgehead atoms. The number of para-hydroxylation sites is 1. The first-order chi connectivity index (χ1) is 13.0. The molecule has 1 aliphatic rings. The lowest BCUT2D eigenvalue weighted by Crippen LogP contribution is -2.48. The van der Waals surface area contributed by atoms with Crippen molar-refractivity contribution in [2.75, 3.05) is 25.0 Å². The molecule has 3 rings (SSSR count). The fourth-order valence-corrected chi connectivity index (χ4v) is 3.27. The predicted octanol–water partition coefficient (Wildman–Crippen LogP) is 2.26. The highest BCUT2D eigenvalue weighted by Crippen LogP contribution is 2.16. The van der Waals surface area contributed by atoms with E-state index in [1.54, 1.807) is 42.7 Å². The van der Waals surface area contributed by atoms with E-state index in [-0.39, 0.29) is 37.1 Å². The topological polar surface area (TPSA) is 83.8 Å². The molecule has 7 heteroatoms. The Hall–Kier alpha value is -2.64. The molecule has 1 aromatic heterocycles. The molecule has 0 spiro atoms. The summed E-state index contributed by atoms with van der Waals surface area (Å²) in [6, 6.07) is 10.5. The summed E-state index contributed by atoms with van der Waals surface area (Å²) in [6.07, 6.45) is 1.76. The van der Waals surface area contributed by atoms with E-state index in [2.05, 4.69) is 15.5 Å². The molecule has 2 N–H and O–H groups in total. The Morgan fingerprint density at radius 3 is 2.56 bits per heavy atom. The number of morpholine rings is 1. The molecular formula is C20H25N3O4. The van der Waals surface area contributed by atoms with Crippen molar-refractivity contribution in [1.29, 1.82) is 0 Å². The minimum atomic E-state index is -0.268. The predicted molar refractivity (Wildman–Crippen MR) is 101 cm³/mol. The smallest absolute Gasteiger partial charge is 0.253 e. The van der Waals surface area contributed by atoms with Crippen LogP contribution in [-0.4, -0.2) is 48.6 Å². The molecule has 1 saturated heterocycles. The molecular weight excluding hydrogens is 346 g/mol. The number of carbonyl (C=O) groups excluding carboxylic acids is 2. The van der Waals surface area contributed by atoms with Gasteiger partial charge in [-0.1, -0.05) is 12.1 Å². The third-order valence-electron chi connectivity index (χ3n) is 4.31. The van der Waals surface area contributed by atoms with Crippen molar-refractivity contribution < 1.29 is 18.7 Å². The summed E-state index contributed by atoms with van der Waals surface area (Å²) in [4.78, 5) is 27.0. The summed E-state index contributed by atoms with van der Waals surface area (Å²) in [7, 11) is 0. The molecule has 2 amide bonds. The highest BCUT2D eigenvalue weighted by molar-refractivity contribution is 6.04. The normalized spacial score (nSPS) is 20.2. The Morgan fingerprint density at radius 1 is 1.11 bits per heavy atom. The first-order valence-corrected chi connectivity index (χ1v) is 9.08. The van der Waals surface area contributed by atoms with Crippen molar-refractivity contribution in [2.24, 2.45) is 0 Å². The van der Waals surface area contributed by atoms with Crippen molar-refractivity contribution in [3.05, 3.63) is 54.0 Å². The molecule has 2 heterocycles. The quantitative estimate of drug-likeness (QED) is 0.814. The van der Waals surface area contributed by atoms with E-state index in [9.17, 15) is 9.59 Å². The third-order valence-corrected chi connectivity index (χ3v) is 4.31. The lowest BCUT2D eigenvalue weighted by Gasteiger charge is -2.34. The van der Waals surface area contributed by atoms with Crippen molar-refractivity contribution in [2.45, 2.75) is 32.6 Å². The van der Waals surface area contributed by atoms with Crippen LogP contribution in [0.15, 0.2) is 47.1 Å². The van der Waals surface area contributed by atoms with Gasteiger partial charge in [-0.15, -0.1) is 0 Å². The number of carbonyl (C=O) groups is 2. The Bertz CT molecular complexity index is 765. The fourth-order valence-electron chi connectivity index (χ4n) is 3.27. The molecule has 0 unspecified atom stereocenters. The van der Waals surface area contributed by atoms with E-state index in [0.29, 0.717) is 30.1 Å². The number of rotatable bonds is 6. The van der Waals surface area contributed by atoms with Crippen LogP contribution in [0.5, 0.6) is 0 Å². The van der Waals surface area contributed by atoms with Gasteiger partial charge in [0.25, 0.3) is 5.91 Å². The van der Waals surface area contributed by atoms with Crippen LogP contribution in [0, 0.1) is 0 Å². The maximum Gasteiger partial charge on any atom is 0.253 e. The minimum Gasteiger partial charge on any atom is -0.467 e. The van der Waals surface area contributed by atoms with Crippen LogP contribution in [0.3, 0.4) is 0 Å². The van der Waals surface area contributed by atoms with Crippen LogP contribution in [0.25, 0.3) is 0 Å². The van der Waals surface area contributed by atoms with E-state index in [4.69, 9.17) is 9.15 Å². The summed E-state index contributed by atoms with van der Waals surface area (Å²) >= 11 is 0. The minimum absolute atomic E-state index is 0.0983. The van der Waals surface area contributed by atoms with Gasteiger partial charge in [-0.25, -0.2) is 0 Å². The van der Waals surface area contributed by atoms with Gasteiger partial charge in [0.15, 0.2) is 0 Å². The average molecular weight is 371 g/mol. The molecule has 0 radical (unpaired) electrons. The average Bonchev–Trinajstić information content (AvgIpc) is 3.12. The Labute approximate surface area is 158 Å². The zero-order valence-electron chi connectivity index (χ0n) is 15.6. The van der Waals surface area contributed by atoms with Crippen LogP contribution in [0.2, 0.25) is 0 Å². The monoisotopic (exact) mass is 371 g/mol. The molecule has 2 aromatic rings. The second-order valence-electron chi connectivity index (χ2n) is 6.81. The van der Waals surface area contributed by atoms with E-state index >= 15 is 0 Å². The maximum atomic E-state index is 12.5. The summed E-state index contributed by atoms with van der Waals surface area (Å²) < 4.78 is 10.9. The fraction of sp³-hybridized carbons (Fsp3) is 0.400. The zero-order chi connectivity index (χ0) is 19.2. The van der Waals surface area contributed by atoms with Crippen LogP contribution in [-0.2, 0) is 16.1 Å². The third kappa shape index (κ3) is 5.42. The summed E-state index contributed by atoms with van der Waals surface area (Å²) in [5.74, 6) is 0.249. The van der Waals surface area contributed by atoms with Crippen LogP contribution < -0.4 is 10.6 Å². The highest BCUT2D eigenvalue weighted by Gasteiger charge is 2.24. The molecule has 1 aliphatic heterocycles. The lowest BCUT2D eigenvalue weighted by molar-refractivity contribution is -0.121. The van der Waals surface area contributed by atoms with Gasteiger partial charge in [0.1, 0.15) is 5.76 Å². The molecule has 2 atom stereocenters. The Kier molecular flexibility index (Phi) is 6.26. The molecule has 1 aromatic carbocycles. The van der Waals surface area contributed by atoms with E-state index in [1.807, 2.05) is 13.8 Å². The summed E-state index contributed by atoms with van der Waals surface area (Å²) in [6.45, 7) is 5.97. The van der Waals surface area contributed by atoms with Gasteiger partial charge in [-0.3, -0.25) is 14.5 Å². The van der Waals surface area contributed by atoms with Crippen LogP contribution in [0.1, 0.15) is 30.0 Å². The van der Waals surface area contributed by atoms with E-state index in [1.165, 1.54) is 0 Å². The number of furan rings is 1. The van der Waals surface area contributed by atoms with E-state index < -0.39 is 0 Å². The van der Waals surface area contributed by atoms with Gasteiger partial charge < -0.3 is 19.8 Å². The standard InChI is InChI=1S/C20H25N3O4/c1-14-11-23(12-15(2)27-14)13-19(24)22-18-8-4-3-7-17(18)20(25)21-10-16-6-5-9-26-16/h3-9,14-15H,10-13H2,1-2H3,(H,21,25)(H,22,24)/t14-,15-/m1/s1. The van der Waals surface area contributed by atoms with Crippen LogP contribution >= 0.6 is 0 Å². The number of hydrogen-bond donors (Lipinski definition) is 2. The van der Waals surface area contributed by atoms with Crippen LogP contribution in [0.4, 0.5) is 5.69 Å². The first-order valence-electron chi connectivity index (χ1n) is 9.08. The molecule has 7 nitrogen and oxygen atoms in total. The molecule has 144 valence electrons. The van der Waals surface area contributed by atoms with Crippen molar-refractivity contribution in [3.8, 4) is 0 Å². The number of amides is 2. The van der Waals surface area contributed by atoms with Crippen molar-refractivity contribution in [3.63, 3.8) is 0 Å². The Morgan fingerprint density at radius 2 is 1.85 bits per heavy atom. The second-order valence-corrected chi connectivity index (χ2v) is 6.81. The number of benzene rings is 1. The highest BCUT2D eigenvalue weighted by atomic mass is 16.5. The molecule has 0 aliphatic carbocycles.